The first-order valence-corrected chi connectivity index (χ1v) is 4.58. The molecule has 0 atom stereocenters. The van der Waals surface area contributed by atoms with Gasteiger partial charge in [-0.2, -0.15) is 0 Å². The molecule has 1 aliphatic heterocycles. The van der Waals surface area contributed by atoms with Gasteiger partial charge in [-0.05, 0) is 20.0 Å². The number of rotatable bonds is 3. The number of nitrogens with zero attached hydrogens (tertiary/aromatic N) is 1. The predicted octanol–water partition coefficient (Wildman–Crippen LogP) is 1.67. The van der Waals surface area contributed by atoms with Crippen molar-refractivity contribution in [2.45, 2.75) is 20.3 Å². The normalized spacial score (nSPS) is 15.5. The van der Waals surface area contributed by atoms with E-state index in [0.29, 0.717) is 13.0 Å². The van der Waals surface area contributed by atoms with Crippen molar-refractivity contribution in [1.82, 2.24) is 4.90 Å². The van der Waals surface area contributed by atoms with Gasteiger partial charge < -0.3 is 9.64 Å². The number of carbonyl (C=O) groups excluding carboxylic acids is 1. The predicted molar refractivity (Wildman–Crippen MR) is 50.9 cm³/mol. The van der Waals surface area contributed by atoms with Crippen LogP contribution >= 0.6 is 0 Å². The molecule has 3 nitrogen and oxygen atoms in total. The van der Waals surface area contributed by atoms with E-state index in [-0.39, 0.29) is 5.97 Å². The first-order valence-electron chi connectivity index (χ1n) is 4.58. The summed E-state index contributed by atoms with van der Waals surface area (Å²) in [6, 6.07) is 0. The lowest BCUT2D eigenvalue weighted by Gasteiger charge is -2.18. The molecular weight excluding hydrogens is 166 g/mol. The number of hydrogen-bond donors (Lipinski definition) is 0. The van der Waals surface area contributed by atoms with Gasteiger partial charge >= 0.3 is 5.97 Å². The summed E-state index contributed by atoms with van der Waals surface area (Å²) in [5, 5.41) is 0. The molecule has 0 aromatic heterocycles. The maximum atomic E-state index is 11.3. The minimum absolute atomic E-state index is 0.203. The SMILES string of the molecule is CCOC(=O)C1=CN(CC)C=CC1. The Kier molecular flexibility index (Phi) is 3.55. The van der Waals surface area contributed by atoms with Crippen molar-refractivity contribution in [2.75, 3.05) is 13.2 Å². The van der Waals surface area contributed by atoms with Crippen LogP contribution in [0.15, 0.2) is 24.0 Å². The first kappa shape index (κ1) is 9.84. The van der Waals surface area contributed by atoms with Gasteiger partial charge in [-0.1, -0.05) is 6.08 Å². The van der Waals surface area contributed by atoms with Crippen LogP contribution in [0.1, 0.15) is 20.3 Å². The molecule has 1 rings (SSSR count). The van der Waals surface area contributed by atoms with Gasteiger partial charge in [0, 0.05) is 19.2 Å². The molecule has 0 bridgehead atoms. The minimum atomic E-state index is -0.203. The molecule has 0 radical (unpaired) electrons. The Morgan fingerprint density at radius 2 is 2.38 bits per heavy atom. The quantitative estimate of drug-likeness (QED) is 0.620. The third kappa shape index (κ3) is 2.61. The number of allylic oxidation sites excluding steroid dienone is 1. The number of esters is 1. The number of ether oxygens (including phenoxy) is 1. The summed E-state index contributed by atoms with van der Waals surface area (Å²) in [7, 11) is 0. The van der Waals surface area contributed by atoms with E-state index in [2.05, 4.69) is 0 Å². The highest BCUT2D eigenvalue weighted by molar-refractivity contribution is 5.88. The van der Waals surface area contributed by atoms with Gasteiger partial charge in [-0.15, -0.1) is 0 Å². The van der Waals surface area contributed by atoms with Gasteiger partial charge in [0.2, 0.25) is 0 Å². The fourth-order valence-electron chi connectivity index (χ4n) is 1.17. The zero-order valence-corrected chi connectivity index (χ0v) is 8.12. The molecule has 0 aliphatic carbocycles. The molecule has 72 valence electrons. The van der Waals surface area contributed by atoms with Crippen molar-refractivity contribution < 1.29 is 9.53 Å². The summed E-state index contributed by atoms with van der Waals surface area (Å²) < 4.78 is 4.91. The molecule has 0 unspecified atom stereocenters. The third-order valence-electron chi connectivity index (χ3n) is 1.86. The average molecular weight is 181 g/mol. The molecule has 0 aromatic carbocycles. The monoisotopic (exact) mass is 181 g/mol. The van der Waals surface area contributed by atoms with E-state index in [1.54, 1.807) is 0 Å². The summed E-state index contributed by atoms with van der Waals surface area (Å²) >= 11 is 0. The molecular formula is C10H15NO2. The topological polar surface area (TPSA) is 29.5 Å². The lowest BCUT2D eigenvalue weighted by molar-refractivity contribution is -0.138. The Morgan fingerprint density at radius 3 is 3.00 bits per heavy atom. The molecule has 0 spiro atoms. The molecule has 13 heavy (non-hydrogen) atoms. The maximum Gasteiger partial charge on any atom is 0.335 e. The highest BCUT2D eigenvalue weighted by Crippen LogP contribution is 2.12. The van der Waals surface area contributed by atoms with E-state index in [1.165, 1.54) is 0 Å². The Morgan fingerprint density at radius 1 is 1.62 bits per heavy atom. The highest BCUT2D eigenvalue weighted by atomic mass is 16.5. The molecule has 0 amide bonds. The summed E-state index contributed by atoms with van der Waals surface area (Å²) in [6.45, 7) is 5.16. The second-order valence-corrected chi connectivity index (χ2v) is 2.79. The lowest BCUT2D eigenvalue weighted by atomic mass is 10.1. The van der Waals surface area contributed by atoms with E-state index < -0.39 is 0 Å². The van der Waals surface area contributed by atoms with Crippen LogP contribution in [0.3, 0.4) is 0 Å². The van der Waals surface area contributed by atoms with E-state index in [0.717, 1.165) is 12.1 Å². The maximum absolute atomic E-state index is 11.3. The summed E-state index contributed by atoms with van der Waals surface area (Å²) in [5.74, 6) is -0.203. The van der Waals surface area contributed by atoms with Crippen molar-refractivity contribution in [3.8, 4) is 0 Å². The van der Waals surface area contributed by atoms with Crippen LogP contribution in [0.25, 0.3) is 0 Å². The van der Waals surface area contributed by atoms with E-state index in [1.807, 2.05) is 37.2 Å². The van der Waals surface area contributed by atoms with Gasteiger partial charge in [-0.3, -0.25) is 0 Å². The van der Waals surface area contributed by atoms with Gasteiger partial charge in [-0.25, -0.2) is 4.79 Å². The fourth-order valence-corrected chi connectivity index (χ4v) is 1.17. The van der Waals surface area contributed by atoms with Gasteiger partial charge in [0.25, 0.3) is 0 Å². The van der Waals surface area contributed by atoms with Crippen LogP contribution in [-0.4, -0.2) is 24.0 Å². The second kappa shape index (κ2) is 4.70. The van der Waals surface area contributed by atoms with E-state index in [9.17, 15) is 4.79 Å². The molecule has 3 heteroatoms. The fraction of sp³-hybridized carbons (Fsp3) is 0.500. The summed E-state index contributed by atoms with van der Waals surface area (Å²) in [6.07, 6.45) is 6.46. The average Bonchev–Trinajstić information content (AvgIpc) is 2.18. The molecule has 0 N–H and O–H groups in total. The Labute approximate surface area is 78.7 Å². The Bertz CT molecular complexity index is 243. The van der Waals surface area contributed by atoms with Gasteiger partial charge in [0.1, 0.15) is 0 Å². The molecule has 0 aromatic rings. The van der Waals surface area contributed by atoms with Gasteiger partial charge in [0.05, 0.1) is 12.2 Å². The molecule has 1 aliphatic rings. The highest BCUT2D eigenvalue weighted by Gasteiger charge is 2.12. The van der Waals surface area contributed by atoms with Crippen molar-refractivity contribution in [3.05, 3.63) is 24.0 Å². The molecule has 0 saturated heterocycles. The van der Waals surface area contributed by atoms with Gasteiger partial charge in [0.15, 0.2) is 0 Å². The minimum Gasteiger partial charge on any atom is -0.463 e. The van der Waals surface area contributed by atoms with Crippen molar-refractivity contribution in [2.24, 2.45) is 0 Å². The number of hydrogen-bond acceptors (Lipinski definition) is 3. The van der Waals surface area contributed by atoms with E-state index >= 15 is 0 Å². The molecule has 1 heterocycles. The van der Waals surface area contributed by atoms with Crippen LogP contribution in [0.5, 0.6) is 0 Å². The van der Waals surface area contributed by atoms with Crippen LogP contribution in [0.4, 0.5) is 0 Å². The van der Waals surface area contributed by atoms with Crippen LogP contribution < -0.4 is 0 Å². The van der Waals surface area contributed by atoms with Crippen molar-refractivity contribution in [1.29, 1.82) is 0 Å². The zero-order chi connectivity index (χ0) is 9.68. The van der Waals surface area contributed by atoms with Crippen molar-refractivity contribution in [3.63, 3.8) is 0 Å². The lowest BCUT2D eigenvalue weighted by Crippen LogP contribution is -2.17. The van der Waals surface area contributed by atoms with Crippen LogP contribution in [-0.2, 0) is 9.53 Å². The van der Waals surface area contributed by atoms with Crippen molar-refractivity contribution >= 4 is 5.97 Å². The molecule has 0 saturated carbocycles. The third-order valence-corrected chi connectivity index (χ3v) is 1.86. The van der Waals surface area contributed by atoms with Crippen LogP contribution in [0.2, 0.25) is 0 Å². The first-order chi connectivity index (χ1) is 6.27. The standard InChI is InChI=1S/C10H15NO2/c1-3-11-7-5-6-9(8-11)10(12)13-4-2/h5,7-8H,3-4,6H2,1-2H3. The van der Waals surface area contributed by atoms with Crippen LogP contribution in [0, 0.1) is 0 Å². The number of carbonyl (C=O) groups is 1. The Hall–Kier alpha value is -1.25. The molecule has 0 fully saturated rings. The summed E-state index contributed by atoms with van der Waals surface area (Å²) in [4.78, 5) is 13.3. The van der Waals surface area contributed by atoms with E-state index in [4.69, 9.17) is 4.74 Å². The second-order valence-electron chi connectivity index (χ2n) is 2.79. The largest absolute Gasteiger partial charge is 0.463 e. The Balaban J connectivity index is 2.59. The summed E-state index contributed by atoms with van der Waals surface area (Å²) in [5.41, 5.74) is 0.728. The zero-order valence-electron chi connectivity index (χ0n) is 8.12. The smallest absolute Gasteiger partial charge is 0.335 e.